The van der Waals surface area contributed by atoms with Gasteiger partial charge in [0.2, 0.25) is 11.0 Å². The zero-order valence-electron chi connectivity index (χ0n) is 24.4. The maximum Gasteiger partial charge on any atom is 0.225 e. The van der Waals surface area contributed by atoms with Crippen LogP contribution in [0.3, 0.4) is 0 Å². The first-order valence-corrected chi connectivity index (χ1v) is 15.1. The van der Waals surface area contributed by atoms with Crippen LogP contribution in [-0.4, -0.2) is 72.1 Å². The van der Waals surface area contributed by atoms with E-state index in [2.05, 4.69) is 45.1 Å². The third kappa shape index (κ3) is 8.00. The van der Waals surface area contributed by atoms with Gasteiger partial charge in [0.25, 0.3) is 0 Å². The molecule has 0 aliphatic carbocycles. The highest BCUT2D eigenvalue weighted by Crippen LogP contribution is 2.39. The number of benzene rings is 1. The zero-order chi connectivity index (χ0) is 29.2. The van der Waals surface area contributed by atoms with E-state index in [-0.39, 0.29) is 5.28 Å². The second kappa shape index (κ2) is 15.2. The molecule has 1 aromatic carbocycles. The molecular weight excluding hydrogens is 564 g/mol. The molecule has 1 aliphatic heterocycles. The van der Waals surface area contributed by atoms with Gasteiger partial charge in [-0.05, 0) is 17.7 Å². The number of nitrogens with zero attached hydrogens (tertiary/aromatic N) is 5. The van der Waals surface area contributed by atoms with Crippen molar-refractivity contribution in [1.82, 2.24) is 24.4 Å². The van der Waals surface area contributed by atoms with Crippen LogP contribution in [0.25, 0.3) is 15.9 Å². The molecule has 12 heteroatoms. The Hall–Kier alpha value is -3.12. The van der Waals surface area contributed by atoms with Crippen LogP contribution >= 0.6 is 22.9 Å². The summed E-state index contributed by atoms with van der Waals surface area (Å²) in [6, 6.07) is 5.82. The Bertz CT molecular complexity index is 1380. The standard InChI is InChI=1S/C23H25ClN6O4S.C6H14/c1-31-17-8-14(9-18(32-2)20(17)33-3)30-12-19(25-13-30)26-21-16-10-15(11-29-4-6-34-7-5-29)35-22(16)28-23(24)27-21;1-3-5-6-4-2/h8-10,12-13H,4-7,11H2,1-3H3,(H,26,27,28);3-6H2,1-2H3. The number of ether oxygens (including phenoxy) is 4. The summed E-state index contributed by atoms with van der Waals surface area (Å²) in [7, 11) is 4.74. The fourth-order valence-electron chi connectivity index (χ4n) is 4.46. The number of anilines is 2. The average Bonchev–Trinajstić information content (AvgIpc) is 3.63. The van der Waals surface area contributed by atoms with E-state index >= 15 is 0 Å². The van der Waals surface area contributed by atoms with E-state index < -0.39 is 0 Å². The molecule has 0 saturated carbocycles. The topological polar surface area (TPSA) is 95.8 Å². The lowest BCUT2D eigenvalue weighted by atomic mass is 10.2. The molecule has 0 amide bonds. The van der Waals surface area contributed by atoms with Gasteiger partial charge in [0, 0.05) is 36.6 Å². The van der Waals surface area contributed by atoms with Gasteiger partial charge >= 0.3 is 0 Å². The molecule has 0 spiro atoms. The quantitative estimate of drug-likeness (QED) is 0.148. The smallest absolute Gasteiger partial charge is 0.225 e. The minimum Gasteiger partial charge on any atom is -0.493 e. The monoisotopic (exact) mass is 602 g/mol. The number of halogens is 1. The number of fused-ring (bicyclic) bond motifs is 1. The second-order valence-corrected chi connectivity index (χ2v) is 11.0. The number of hydrogen-bond acceptors (Lipinski definition) is 10. The van der Waals surface area contributed by atoms with Gasteiger partial charge < -0.3 is 28.8 Å². The highest BCUT2D eigenvalue weighted by molar-refractivity contribution is 7.18. The van der Waals surface area contributed by atoms with Crippen molar-refractivity contribution in [2.24, 2.45) is 0 Å². The van der Waals surface area contributed by atoms with E-state index in [9.17, 15) is 0 Å². The van der Waals surface area contributed by atoms with Crippen LogP contribution in [0.2, 0.25) is 5.28 Å². The van der Waals surface area contributed by atoms with Crippen LogP contribution in [0.5, 0.6) is 17.2 Å². The lowest BCUT2D eigenvalue weighted by Gasteiger charge is -2.25. The molecule has 0 atom stereocenters. The maximum atomic E-state index is 6.24. The number of unbranched alkanes of at least 4 members (excludes halogenated alkanes) is 3. The number of methoxy groups -OCH3 is 3. The van der Waals surface area contributed by atoms with E-state index in [4.69, 9.17) is 30.5 Å². The first-order valence-electron chi connectivity index (χ1n) is 13.9. The fourth-order valence-corrected chi connectivity index (χ4v) is 5.75. The first-order chi connectivity index (χ1) is 20.0. The average molecular weight is 603 g/mol. The number of hydrogen-bond donors (Lipinski definition) is 1. The van der Waals surface area contributed by atoms with Crippen LogP contribution in [-0.2, 0) is 11.3 Å². The summed E-state index contributed by atoms with van der Waals surface area (Å²) in [6.45, 7) is 8.67. The van der Waals surface area contributed by atoms with Crippen molar-refractivity contribution < 1.29 is 18.9 Å². The molecule has 4 heterocycles. The molecule has 5 rings (SSSR count). The van der Waals surface area contributed by atoms with Crippen molar-refractivity contribution in [2.45, 2.75) is 46.1 Å². The van der Waals surface area contributed by atoms with Gasteiger partial charge in [-0.2, -0.15) is 4.98 Å². The first kappa shape index (κ1) is 30.8. The van der Waals surface area contributed by atoms with Gasteiger partial charge in [0.1, 0.15) is 22.8 Å². The van der Waals surface area contributed by atoms with Gasteiger partial charge in [-0.25, -0.2) is 9.97 Å². The molecule has 41 heavy (non-hydrogen) atoms. The lowest BCUT2D eigenvalue weighted by Crippen LogP contribution is -2.35. The van der Waals surface area contributed by atoms with Gasteiger partial charge in [0.05, 0.1) is 51.8 Å². The molecule has 1 saturated heterocycles. The summed E-state index contributed by atoms with van der Waals surface area (Å²) in [5.74, 6) is 2.86. The molecule has 3 aromatic heterocycles. The number of rotatable bonds is 11. The number of morpholine rings is 1. The summed E-state index contributed by atoms with van der Waals surface area (Å²) >= 11 is 7.86. The van der Waals surface area contributed by atoms with Gasteiger partial charge in [-0.3, -0.25) is 4.90 Å². The van der Waals surface area contributed by atoms with E-state index in [0.29, 0.717) is 28.9 Å². The van der Waals surface area contributed by atoms with Crippen LogP contribution in [0.15, 0.2) is 30.7 Å². The molecule has 4 aromatic rings. The van der Waals surface area contributed by atoms with Crippen LogP contribution in [0.4, 0.5) is 11.6 Å². The fraction of sp³-hybridized carbons (Fsp3) is 0.483. The Morgan fingerprint density at radius 1 is 0.976 bits per heavy atom. The minimum atomic E-state index is 0.184. The Balaban J connectivity index is 0.000000585. The van der Waals surface area contributed by atoms with Gasteiger partial charge in [-0.15, -0.1) is 11.3 Å². The SMILES string of the molecule is CCCCCC.COc1cc(-n2cnc(Nc3nc(Cl)nc4sc(CN5CCOCC5)cc34)c2)cc(OC)c1OC. The van der Waals surface area contributed by atoms with Crippen LogP contribution in [0, 0.1) is 0 Å². The summed E-state index contributed by atoms with van der Waals surface area (Å²) < 4.78 is 23.6. The third-order valence-corrected chi connectivity index (χ3v) is 7.82. The minimum absolute atomic E-state index is 0.184. The van der Waals surface area contributed by atoms with E-state index in [0.717, 1.165) is 48.8 Å². The summed E-state index contributed by atoms with van der Waals surface area (Å²) in [5, 5.41) is 4.38. The molecule has 0 bridgehead atoms. The van der Waals surface area contributed by atoms with Gasteiger partial charge in [-0.1, -0.05) is 39.5 Å². The Morgan fingerprint density at radius 2 is 1.66 bits per heavy atom. The molecule has 10 nitrogen and oxygen atoms in total. The zero-order valence-corrected chi connectivity index (χ0v) is 26.0. The normalized spacial score (nSPS) is 13.5. The van der Waals surface area contributed by atoms with Crippen molar-refractivity contribution in [2.75, 3.05) is 52.9 Å². The highest BCUT2D eigenvalue weighted by atomic mass is 35.5. The lowest BCUT2D eigenvalue weighted by molar-refractivity contribution is 0.0346. The van der Waals surface area contributed by atoms with Crippen molar-refractivity contribution in [3.8, 4) is 22.9 Å². The number of aromatic nitrogens is 4. The molecule has 1 N–H and O–H groups in total. The van der Waals surface area contributed by atoms with Crippen LogP contribution in [0.1, 0.15) is 44.4 Å². The van der Waals surface area contributed by atoms with Crippen molar-refractivity contribution in [3.63, 3.8) is 0 Å². The molecule has 1 aliphatic rings. The maximum absolute atomic E-state index is 6.24. The Labute approximate surface area is 250 Å². The molecule has 0 radical (unpaired) electrons. The molecular formula is C29H39ClN6O4S. The number of thiophene rings is 1. The van der Waals surface area contributed by atoms with E-state index in [1.165, 1.54) is 30.6 Å². The predicted octanol–water partition coefficient (Wildman–Crippen LogP) is 6.72. The summed E-state index contributed by atoms with van der Waals surface area (Å²) in [4.78, 5) is 17.7. The number of imidazole rings is 1. The van der Waals surface area contributed by atoms with Crippen LogP contribution < -0.4 is 19.5 Å². The van der Waals surface area contributed by atoms with Crippen molar-refractivity contribution >= 4 is 44.8 Å². The van der Waals surface area contributed by atoms with E-state index in [1.54, 1.807) is 39.0 Å². The predicted molar refractivity (Wildman–Crippen MR) is 165 cm³/mol. The second-order valence-electron chi connectivity index (χ2n) is 9.54. The molecule has 222 valence electrons. The molecule has 1 fully saturated rings. The van der Waals surface area contributed by atoms with Crippen molar-refractivity contribution in [3.05, 3.63) is 40.9 Å². The third-order valence-electron chi connectivity index (χ3n) is 6.63. The van der Waals surface area contributed by atoms with E-state index in [1.807, 2.05) is 22.9 Å². The Kier molecular flexibility index (Phi) is 11.4. The largest absolute Gasteiger partial charge is 0.493 e. The Morgan fingerprint density at radius 3 is 2.27 bits per heavy atom. The highest BCUT2D eigenvalue weighted by Gasteiger charge is 2.17. The summed E-state index contributed by atoms with van der Waals surface area (Å²) in [5.41, 5.74) is 0.800. The van der Waals surface area contributed by atoms with Crippen molar-refractivity contribution in [1.29, 1.82) is 0 Å². The van der Waals surface area contributed by atoms with Gasteiger partial charge in [0.15, 0.2) is 11.5 Å². The number of nitrogens with one attached hydrogen (secondary N) is 1. The molecule has 0 unspecified atom stereocenters. The summed E-state index contributed by atoms with van der Waals surface area (Å²) in [6.07, 6.45) is 9.08.